The molecule has 10 heteroatoms. The first kappa shape index (κ1) is 20.6. The molecule has 0 aliphatic heterocycles. The smallest absolute Gasteiger partial charge is 0.339 e. The Morgan fingerprint density at radius 1 is 0.897 bits per heavy atom. The van der Waals surface area contributed by atoms with Crippen LogP contribution in [-0.2, 0) is 37.7 Å². The van der Waals surface area contributed by atoms with Gasteiger partial charge in [-0.15, -0.1) is 0 Å². The fourth-order valence-electron chi connectivity index (χ4n) is 3.24. The molecule has 0 bridgehead atoms. The van der Waals surface area contributed by atoms with Gasteiger partial charge in [0.15, 0.2) is 5.75 Å². The summed E-state index contributed by atoms with van der Waals surface area (Å²) in [6, 6.07) is 5.99. The minimum Gasteiger partial charge on any atom is -0.377 e. The highest BCUT2D eigenvalue weighted by molar-refractivity contribution is 7.87. The van der Waals surface area contributed by atoms with Gasteiger partial charge in [-0.3, -0.25) is 23.3 Å². The Balaban J connectivity index is 2.45. The van der Waals surface area contributed by atoms with Gasteiger partial charge < -0.3 is 4.18 Å². The van der Waals surface area contributed by atoms with Crippen molar-refractivity contribution < 1.29 is 12.6 Å². The molecule has 9 nitrogen and oxygen atoms in total. The fourth-order valence-corrected chi connectivity index (χ4v) is 4.21. The zero-order valence-corrected chi connectivity index (χ0v) is 17.5. The Bertz CT molecular complexity index is 1410. The van der Waals surface area contributed by atoms with Crippen molar-refractivity contribution in [2.75, 3.05) is 0 Å². The van der Waals surface area contributed by atoms with Crippen molar-refractivity contribution in [1.29, 1.82) is 0 Å². The lowest BCUT2D eigenvalue weighted by Gasteiger charge is -2.17. The third kappa shape index (κ3) is 3.19. The van der Waals surface area contributed by atoms with Gasteiger partial charge in [-0.2, -0.15) is 8.42 Å². The van der Waals surface area contributed by atoms with Crippen LogP contribution in [0.25, 0.3) is 11.0 Å². The molecule has 3 aromatic rings. The summed E-state index contributed by atoms with van der Waals surface area (Å²) in [7, 11) is -0.229. The van der Waals surface area contributed by atoms with E-state index < -0.39 is 26.9 Å². The number of benzene rings is 1. The summed E-state index contributed by atoms with van der Waals surface area (Å²) in [5.74, 6) is -0.345. The van der Waals surface area contributed by atoms with Gasteiger partial charge in [-0.05, 0) is 25.5 Å². The zero-order chi connectivity index (χ0) is 21.7. The van der Waals surface area contributed by atoms with E-state index in [-0.39, 0.29) is 33.7 Å². The summed E-state index contributed by atoms with van der Waals surface area (Å²) in [4.78, 5) is 37.9. The summed E-state index contributed by atoms with van der Waals surface area (Å²) < 4.78 is 34.2. The first-order chi connectivity index (χ1) is 13.5. The van der Waals surface area contributed by atoms with Gasteiger partial charge in [-0.25, -0.2) is 4.79 Å². The van der Waals surface area contributed by atoms with Crippen molar-refractivity contribution in [1.82, 2.24) is 13.7 Å². The quantitative estimate of drug-likeness (QED) is 0.572. The van der Waals surface area contributed by atoms with E-state index in [0.29, 0.717) is 0 Å². The highest BCUT2D eigenvalue weighted by atomic mass is 32.2. The van der Waals surface area contributed by atoms with Crippen LogP contribution in [0.2, 0.25) is 0 Å². The molecule has 0 aliphatic rings. The second-order valence-electron chi connectivity index (χ2n) is 6.78. The van der Waals surface area contributed by atoms with Crippen LogP contribution in [0.5, 0.6) is 5.75 Å². The molecule has 0 amide bonds. The van der Waals surface area contributed by atoms with Gasteiger partial charge in [0.05, 0.1) is 5.56 Å². The highest BCUT2D eigenvalue weighted by Crippen LogP contribution is 2.28. The van der Waals surface area contributed by atoms with Crippen LogP contribution in [0.1, 0.15) is 18.1 Å². The van der Waals surface area contributed by atoms with Crippen LogP contribution in [0.3, 0.4) is 0 Å². The van der Waals surface area contributed by atoms with Gasteiger partial charge in [0, 0.05) is 21.1 Å². The number of rotatable bonds is 4. The molecule has 0 N–H and O–H groups in total. The summed E-state index contributed by atoms with van der Waals surface area (Å²) in [6.45, 7) is 3.46. The molecular weight excluding hydrogens is 398 g/mol. The average Bonchev–Trinajstić information content (AvgIpc) is 2.67. The number of hydrogen-bond donors (Lipinski definition) is 0. The molecule has 0 unspecified atom stereocenters. The molecule has 0 radical (unpaired) electrons. The molecule has 0 fully saturated rings. The highest BCUT2D eigenvalue weighted by Gasteiger charge is 2.27. The molecular formula is C19H21N3O6S. The minimum absolute atomic E-state index is 0.0191. The third-order valence-electron chi connectivity index (χ3n) is 4.87. The van der Waals surface area contributed by atoms with Crippen LogP contribution < -0.4 is 21.0 Å². The van der Waals surface area contributed by atoms with Gasteiger partial charge in [-0.1, -0.05) is 24.6 Å². The predicted molar refractivity (Wildman–Crippen MR) is 108 cm³/mol. The average molecular weight is 419 g/mol. The number of pyridine rings is 1. The first-order valence-electron chi connectivity index (χ1n) is 8.84. The third-order valence-corrected chi connectivity index (χ3v) is 6.11. The van der Waals surface area contributed by atoms with Crippen molar-refractivity contribution in [2.45, 2.75) is 25.2 Å². The molecule has 2 aromatic heterocycles. The number of fused-ring (bicyclic) bond motifs is 1. The molecule has 0 atom stereocenters. The normalized spacial score (nSPS) is 11.8. The van der Waals surface area contributed by atoms with E-state index >= 15 is 0 Å². The van der Waals surface area contributed by atoms with Crippen LogP contribution in [0.4, 0.5) is 0 Å². The number of hydrogen-bond acceptors (Lipinski definition) is 6. The summed E-state index contributed by atoms with van der Waals surface area (Å²) in [5, 5.41) is -0.149. The largest absolute Gasteiger partial charge is 0.377 e. The van der Waals surface area contributed by atoms with Crippen molar-refractivity contribution in [3.05, 3.63) is 66.6 Å². The van der Waals surface area contributed by atoms with E-state index in [9.17, 15) is 22.8 Å². The molecule has 0 aliphatic carbocycles. The molecule has 2 heterocycles. The maximum atomic E-state index is 12.9. The topological polar surface area (TPSA) is 109 Å². The van der Waals surface area contributed by atoms with Crippen LogP contribution in [0, 0.1) is 6.92 Å². The molecule has 29 heavy (non-hydrogen) atoms. The van der Waals surface area contributed by atoms with Crippen LogP contribution in [0.15, 0.2) is 43.5 Å². The predicted octanol–water partition coefficient (Wildman–Crippen LogP) is 0.574. The monoisotopic (exact) mass is 419 g/mol. The van der Waals surface area contributed by atoms with Crippen LogP contribution >= 0.6 is 0 Å². The van der Waals surface area contributed by atoms with Crippen molar-refractivity contribution in [3.63, 3.8) is 0 Å². The lowest BCUT2D eigenvalue weighted by atomic mass is 10.1. The van der Waals surface area contributed by atoms with Gasteiger partial charge in [0.1, 0.15) is 15.9 Å². The summed E-state index contributed by atoms with van der Waals surface area (Å²) in [6.07, 6.45) is 0.132. The molecule has 0 spiro atoms. The Morgan fingerprint density at radius 2 is 1.48 bits per heavy atom. The number of nitrogens with zero attached hydrogens (tertiary/aromatic N) is 3. The van der Waals surface area contributed by atoms with Gasteiger partial charge in [0.2, 0.25) is 0 Å². The number of aromatic nitrogens is 3. The SMILES string of the molecule is CCc1c(OS(=O)(=O)c2ccc(C)cc2)c2c(=O)n(C)c(=O)n(C)c2n(C)c1=O. The maximum absolute atomic E-state index is 12.9. The minimum atomic E-state index is -4.32. The Labute approximate surface area is 166 Å². The van der Waals surface area contributed by atoms with E-state index in [1.54, 1.807) is 19.1 Å². The summed E-state index contributed by atoms with van der Waals surface area (Å²) >= 11 is 0. The van der Waals surface area contributed by atoms with E-state index in [4.69, 9.17) is 4.18 Å². The van der Waals surface area contributed by atoms with Gasteiger partial charge >= 0.3 is 15.8 Å². The Hall–Kier alpha value is -3.14. The first-order valence-corrected chi connectivity index (χ1v) is 10.2. The zero-order valence-electron chi connectivity index (χ0n) is 16.7. The second-order valence-corrected chi connectivity index (χ2v) is 8.33. The maximum Gasteiger partial charge on any atom is 0.339 e. The molecule has 0 saturated carbocycles. The fraction of sp³-hybridized carbons (Fsp3) is 0.316. The van der Waals surface area contributed by atoms with Crippen molar-refractivity contribution in [3.8, 4) is 5.75 Å². The lowest BCUT2D eigenvalue weighted by Crippen LogP contribution is -2.40. The van der Waals surface area contributed by atoms with E-state index in [0.717, 1.165) is 19.3 Å². The van der Waals surface area contributed by atoms with E-state index in [1.165, 1.54) is 33.3 Å². The van der Waals surface area contributed by atoms with Crippen LogP contribution in [-0.4, -0.2) is 22.1 Å². The molecule has 154 valence electrons. The summed E-state index contributed by atoms with van der Waals surface area (Å²) in [5.41, 5.74) is -1.06. The Morgan fingerprint density at radius 3 is 2.03 bits per heavy atom. The Kier molecular flexibility index (Phi) is 4.99. The molecule has 0 saturated heterocycles. The van der Waals surface area contributed by atoms with E-state index in [1.807, 2.05) is 6.92 Å². The van der Waals surface area contributed by atoms with Gasteiger partial charge in [0.25, 0.3) is 11.1 Å². The van der Waals surface area contributed by atoms with E-state index in [2.05, 4.69) is 0 Å². The molecule has 1 aromatic carbocycles. The number of aryl methyl sites for hydroxylation is 3. The standard InChI is InChI=1S/C19H21N3O6S/c1-6-13-15(28-29(26,27)12-9-7-11(2)8-10-12)14-16(20(3)17(13)23)21(4)19(25)22(5)18(14)24/h7-10H,6H2,1-5H3. The lowest BCUT2D eigenvalue weighted by molar-refractivity contribution is 0.483. The second kappa shape index (κ2) is 7.03. The molecule has 3 rings (SSSR count). The van der Waals surface area contributed by atoms with Crippen molar-refractivity contribution >= 4 is 21.2 Å². The van der Waals surface area contributed by atoms with Crippen molar-refractivity contribution in [2.24, 2.45) is 21.1 Å².